The number of hydrogen-bond donors (Lipinski definition) is 1. The van der Waals surface area contributed by atoms with Gasteiger partial charge in [-0.3, -0.25) is 0 Å². The van der Waals surface area contributed by atoms with E-state index >= 15 is 0 Å². The molecule has 0 aliphatic carbocycles. The fourth-order valence-corrected chi connectivity index (χ4v) is 7.47. The number of aliphatic hydroxyl groups is 1. The second-order valence-electron chi connectivity index (χ2n) is 11.9. The van der Waals surface area contributed by atoms with E-state index in [4.69, 9.17) is 25.8 Å². The maximum Gasteiger partial charge on any atom is 0.142 e. The highest BCUT2D eigenvalue weighted by molar-refractivity contribution is 7.82. The molecule has 0 saturated heterocycles. The van der Waals surface area contributed by atoms with Crippen molar-refractivity contribution >= 4 is 28.3 Å². The van der Waals surface area contributed by atoms with Crippen molar-refractivity contribution in [3.8, 4) is 17.2 Å². The Bertz CT molecular complexity index is 1570. The Kier molecular flexibility index (Phi) is 12.6. The molecule has 9 heteroatoms. The zero-order valence-electron chi connectivity index (χ0n) is 27.5. The SMILES string of the molecule is CCCc1cc(Cl)ccc1C1COc2ccc(S(=O)N(Cc3ccc(OC)cc3)Cc3ccc(OC)cc3)cc2N(CCCCO)C1. The smallest absolute Gasteiger partial charge is 0.142 e. The van der Waals surface area contributed by atoms with Crippen molar-refractivity contribution in [1.82, 2.24) is 4.31 Å². The molecule has 0 aromatic heterocycles. The molecule has 0 bridgehead atoms. The van der Waals surface area contributed by atoms with E-state index in [2.05, 4.69) is 24.0 Å². The average molecular weight is 677 g/mol. The molecule has 4 aromatic rings. The maximum absolute atomic E-state index is 14.5. The largest absolute Gasteiger partial charge is 0.497 e. The Labute approximate surface area is 286 Å². The molecule has 0 spiro atoms. The molecule has 1 aliphatic rings. The first-order valence-corrected chi connectivity index (χ1v) is 17.7. The Hall–Kier alpha value is -3.56. The number of fused-ring (bicyclic) bond motifs is 1. The highest BCUT2D eigenvalue weighted by Crippen LogP contribution is 2.38. The summed E-state index contributed by atoms with van der Waals surface area (Å²) in [4.78, 5) is 3.04. The number of ether oxygens (including phenoxy) is 3. The van der Waals surface area contributed by atoms with Crippen LogP contribution in [0.25, 0.3) is 0 Å². The summed E-state index contributed by atoms with van der Waals surface area (Å²) in [6.07, 6.45) is 3.52. The third kappa shape index (κ3) is 9.08. The second-order valence-corrected chi connectivity index (χ2v) is 13.8. The molecule has 0 radical (unpaired) electrons. The van der Waals surface area contributed by atoms with Gasteiger partial charge in [-0.25, -0.2) is 8.51 Å². The van der Waals surface area contributed by atoms with E-state index in [0.717, 1.165) is 71.4 Å². The van der Waals surface area contributed by atoms with Crippen molar-refractivity contribution in [3.63, 3.8) is 0 Å². The van der Waals surface area contributed by atoms with Gasteiger partial charge >= 0.3 is 0 Å². The van der Waals surface area contributed by atoms with Gasteiger partial charge in [0.15, 0.2) is 0 Å². The fourth-order valence-electron chi connectivity index (χ4n) is 6.05. The lowest BCUT2D eigenvalue weighted by Gasteiger charge is -2.28. The Balaban J connectivity index is 1.46. The van der Waals surface area contributed by atoms with E-state index in [1.807, 2.05) is 77.1 Å². The molecule has 0 fully saturated rings. The Morgan fingerprint density at radius 3 is 2.17 bits per heavy atom. The number of rotatable bonds is 15. The van der Waals surface area contributed by atoms with Crippen molar-refractivity contribution in [3.05, 3.63) is 112 Å². The van der Waals surface area contributed by atoms with Crippen LogP contribution in [0, 0.1) is 0 Å². The van der Waals surface area contributed by atoms with Crippen LogP contribution in [0.15, 0.2) is 89.8 Å². The number of halogens is 1. The molecule has 250 valence electrons. The summed E-state index contributed by atoms with van der Waals surface area (Å²) in [5.41, 5.74) is 5.50. The molecule has 4 aromatic carbocycles. The number of methoxy groups -OCH3 is 2. The highest BCUT2D eigenvalue weighted by Gasteiger charge is 2.27. The van der Waals surface area contributed by atoms with E-state index in [0.29, 0.717) is 31.0 Å². The molecule has 2 unspecified atom stereocenters. The van der Waals surface area contributed by atoms with Crippen molar-refractivity contribution in [2.45, 2.75) is 56.5 Å². The molecule has 1 heterocycles. The van der Waals surface area contributed by atoms with Crippen LogP contribution in [-0.2, 0) is 30.5 Å². The van der Waals surface area contributed by atoms with Crippen molar-refractivity contribution < 1.29 is 23.5 Å². The summed E-state index contributed by atoms with van der Waals surface area (Å²) in [7, 11) is 1.82. The van der Waals surface area contributed by atoms with E-state index in [1.54, 1.807) is 14.2 Å². The average Bonchev–Trinajstić information content (AvgIpc) is 3.28. The lowest BCUT2D eigenvalue weighted by Crippen LogP contribution is -2.30. The minimum atomic E-state index is -1.48. The molecule has 7 nitrogen and oxygen atoms in total. The van der Waals surface area contributed by atoms with Gasteiger partial charge in [0.2, 0.25) is 0 Å². The summed E-state index contributed by atoms with van der Waals surface area (Å²) in [6.45, 7) is 5.32. The zero-order valence-corrected chi connectivity index (χ0v) is 29.1. The zero-order chi connectivity index (χ0) is 33.2. The number of unbranched alkanes of at least 4 members (excludes halogenated alkanes) is 1. The summed E-state index contributed by atoms with van der Waals surface area (Å²) < 4.78 is 33.6. The molecule has 2 atom stereocenters. The first-order valence-electron chi connectivity index (χ1n) is 16.3. The van der Waals surface area contributed by atoms with Gasteiger partial charge in [-0.05, 0) is 96.1 Å². The Morgan fingerprint density at radius 2 is 1.57 bits per heavy atom. The van der Waals surface area contributed by atoms with Gasteiger partial charge in [-0.2, -0.15) is 0 Å². The molecular weight excluding hydrogens is 632 g/mol. The van der Waals surface area contributed by atoms with Crippen LogP contribution in [0.1, 0.15) is 54.4 Å². The van der Waals surface area contributed by atoms with Crippen molar-refractivity contribution in [1.29, 1.82) is 0 Å². The van der Waals surface area contributed by atoms with Gasteiger partial charge in [0.25, 0.3) is 0 Å². The minimum Gasteiger partial charge on any atom is -0.497 e. The second kappa shape index (κ2) is 17.0. The minimum absolute atomic E-state index is 0.130. The predicted molar refractivity (Wildman–Crippen MR) is 190 cm³/mol. The van der Waals surface area contributed by atoms with E-state index < -0.39 is 11.0 Å². The van der Waals surface area contributed by atoms with Crippen molar-refractivity contribution in [2.75, 3.05) is 45.4 Å². The summed E-state index contributed by atoms with van der Waals surface area (Å²) in [5, 5.41) is 10.3. The third-order valence-corrected chi connectivity index (χ3v) is 10.1. The standard InChI is InChI=1S/C38H45ClN2O5S/c1-4-7-30-22-32(39)12-18-36(30)31-26-40(20-5-6-21-42)37-23-35(17-19-38(37)46-27-31)47(43)41(24-28-8-13-33(44-2)14-9-28)25-29-10-15-34(45-3)16-11-29/h8-19,22-23,31,42H,4-7,20-21,24-27H2,1-3H3. The van der Waals surface area contributed by atoms with Gasteiger partial charge < -0.3 is 24.2 Å². The summed E-state index contributed by atoms with van der Waals surface area (Å²) >= 11 is 6.40. The maximum atomic E-state index is 14.5. The van der Waals surface area contributed by atoms with Crippen molar-refractivity contribution in [2.24, 2.45) is 0 Å². The van der Waals surface area contributed by atoms with Gasteiger partial charge in [0.1, 0.15) is 28.2 Å². The van der Waals surface area contributed by atoms with Gasteiger partial charge in [0, 0.05) is 43.7 Å². The van der Waals surface area contributed by atoms with E-state index in [9.17, 15) is 9.32 Å². The lowest BCUT2D eigenvalue weighted by atomic mass is 9.92. The molecular formula is C38H45ClN2O5S. The first-order chi connectivity index (χ1) is 22.9. The van der Waals surface area contributed by atoms with Crippen LogP contribution in [0.4, 0.5) is 5.69 Å². The van der Waals surface area contributed by atoms with Gasteiger partial charge in [-0.1, -0.05) is 55.3 Å². The molecule has 0 amide bonds. The van der Waals surface area contributed by atoms with Gasteiger partial charge in [0.05, 0.1) is 31.4 Å². The number of benzene rings is 4. The van der Waals surface area contributed by atoms with Crippen LogP contribution in [-0.4, -0.2) is 54.1 Å². The molecule has 1 N–H and O–H groups in total. The van der Waals surface area contributed by atoms with Gasteiger partial charge in [-0.15, -0.1) is 0 Å². The molecule has 0 saturated carbocycles. The summed E-state index contributed by atoms with van der Waals surface area (Å²) in [5.74, 6) is 2.47. The normalized spacial score (nSPS) is 15.1. The van der Waals surface area contributed by atoms with Crippen LogP contribution >= 0.6 is 11.6 Å². The van der Waals surface area contributed by atoms with E-state index in [1.165, 1.54) is 11.1 Å². The van der Waals surface area contributed by atoms with Crippen LogP contribution in [0.5, 0.6) is 17.2 Å². The quantitative estimate of drug-likeness (QED) is 0.130. The number of aliphatic hydroxyl groups excluding tert-OH is 1. The molecule has 1 aliphatic heterocycles. The van der Waals surface area contributed by atoms with Crippen LogP contribution in [0.3, 0.4) is 0 Å². The molecule has 5 rings (SSSR count). The number of hydrogen-bond acceptors (Lipinski definition) is 6. The fraction of sp³-hybridized carbons (Fsp3) is 0.368. The third-order valence-electron chi connectivity index (χ3n) is 8.52. The number of anilines is 1. The van der Waals surface area contributed by atoms with E-state index in [-0.39, 0.29) is 12.5 Å². The monoisotopic (exact) mass is 676 g/mol. The Morgan fingerprint density at radius 1 is 0.915 bits per heavy atom. The highest BCUT2D eigenvalue weighted by atomic mass is 35.5. The number of nitrogens with zero attached hydrogens (tertiary/aromatic N) is 2. The van der Waals surface area contributed by atoms with Crippen LogP contribution < -0.4 is 19.1 Å². The lowest BCUT2D eigenvalue weighted by molar-refractivity contribution is 0.284. The first kappa shape index (κ1) is 34.8. The van der Waals surface area contributed by atoms with Crippen LogP contribution in [0.2, 0.25) is 5.02 Å². The topological polar surface area (TPSA) is 71.5 Å². The molecule has 47 heavy (non-hydrogen) atoms. The number of aryl methyl sites for hydroxylation is 1. The summed E-state index contributed by atoms with van der Waals surface area (Å²) in [6, 6.07) is 27.8. The predicted octanol–water partition coefficient (Wildman–Crippen LogP) is 7.79.